The van der Waals surface area contributed by atoms with E-state index in [2.05, 4.69) is 15.6 Å². The molecule has 2 rings (SSSR count). The second-order valence-corrected chi connectivity index (χ2v) is 4.19. The SMILES string of the molecule is O=C(NCCCNC1CC1)c1ccncc1F. The Bertz CT molecular complexity index is 393. The van der Waals surface area contributed by atoms with Crippen molar-refractivity contribution in [1.82, 2.24) is 15.6 Å². The summed E-state index contributed by atoms with van der Waals surface area (Å²) in [6, 6.07) is 2.07. The van der Waals surface area contributed by atoms with Gasteiger partial charge in [0.1, 0.15) is 0 Å². The highest BCUT2D eigenvalue weighted by atomic mass is 19.1. The predicted molar refractivity (Wildman–Crippen MR) is 62.2 cm³/mol. The van der Waals surface area contributed by atoms with Gasteiger partial charge in [-0.3, -0.25) is 9.78 Å². The third kappa shape index (κ3) is 3.78. The molecule has 1 aliphatic carbocycles. The van der Waals surface area contributed by atoms with Gasteiger partial charge in [0.2, 0.25) is 0 Å². The van der Waals surface area contributed by atoms with Crippen molar-refractivity contribution in [3.8, 4) is 0 Å². The lowest BCUT2D eigenvalue weighted by Gasteiger charge is -2.06. The van der Waals surface area contributed by atoms with Crippen LogP contribution in [0.1, 0.15) is 29.6 Å². The molecule has 0 bridgehead atoms. The molecule has 0 atom stereocenters. The van der Waals surface area contributed by atoms with Crippen molar-refractivity contribution < 1.29 is 9.18 Å². The van der Waals surface area contributed by atoms with E-state index >= 15 is 0 Å². The zero-order valence-electron chi connectivity index (χ0n) is 9.58. The molecule has 1 aliphatic rings. The molecule has 0 radical (unpaired) electrons. The Balaban J connectivity index is 1.67. The van der Waals surface area contributed by atoms with Crippen LogP contribution in [0, 0.1) is 5.82 Å². The van der Waals surface area contributed by atoms with Gasteiger partial charge in [-0.15, -0.1) is 0 Å². The average Bonchev–Trinajstić information content (AvgIpc) is 3.13. The van der Waals surface area contributed by atoms with Crippen LogP contribution >= 0.6 is 0 Å². The molecular formula is C12H16FN3O. The Labute approximate surface area is 99.6 Å². The summed E-state index contributed by atoms with van der Waals surface area (Å²) in [6.45, 7) is 1.45. The van der Waals surface area contributed by atoms with Crippen molar-refractivity contribution >= 4 is 5.91 Å². The first-order valence-electron chi connectivity index (χ1n) is 5.88. The maximum atomic E-state index is 13.2. The third-order valence-electron chi connectivity index (χ3n) is 2.67. The number of carbonyl (C=O) groups is 1. The van der Waals surface area contributed by atoms with Crippen LogP contribution in [0.25, 0.3) is 0 Å². The first-order chi connectivity index (χ1) is 8.27. The number of nitrogens with one attached hydrogen (secondary N) is 2. The second kappa shape index (κ2) is 5.72. The minimum absolute atomic E-state index is 0.0511. The van der Waals surface area contributed by atoms with Crippen molar-refractivity contribution in [1.29, 1.82) is 0 Å². The molecule has 1 fully saturated rings. The van der Waals surface area contributed by atoms with Crippen molar-refractivity contribution in [3.63, 3.8) is 0 Å². The standard InChI is InChI=1S/C12H16FN3O/c13-11-8-14-7-4-10(11)12(17)16-6-1-5-15-9-2-3-9/h4,7-9,15H,1-3,5-6H2,(H,16,17). The maximum absolute atomic E-state index is 13.2. The van der Waals surface area contributed by atoms with E-state index in [1.54, 1.807) is 0 Å². The molecule has 0 saturated heterocycles. The van der Waals surface area contributed by atoms with E-state index in [-0.39, 0.29) is 11.5 Å². The molecule has 1 aromatic heterocycles. The van der Waals surface area contributed by atoms with Gasteiger partial charge in [0.15, 0.2) is 5.82 Å². The van der Waals surface area contributed by atoms with Crippen molar-refractivity contribution in [2.45, 2.75) is 25.3 Å². The summed E-state index contributed by atoms with van der Waals surface area (Å²) < 4.78 is 13.2. The van der Waals surface area contributed by atoms with Crippen LogP contribution in [-0.4, -0.2) is 30.0 Å². The summed E-state index contributed by atoms with van der Waals surface area (Å²) in [5.74, 6) is -0.961. The lowest BCUT2D eigenvalue weighted by Crippen LogP contribution is -2.28. The molecule has 4 nitrogen and oxygen atoms in total. The number of amides is 1. The fourth-order valence-corrected chi connectivity index (χ4v) is 1.54. The highest BCUT2D eigenvalue weighted by Crippen LogP contribution is 2.18. The number of rotatable bonds is 6. The number of hydrogen-bond acceptors (Lipinski definition) is 3. The van der Waals surface area contributed by atoms with E-state index in [0.29, 0.717) is 12.6 Å². The van der Waals surface area contributed by atoms with Crippen LogP contribution in [0.3, 0.4) is 0 Å². The van der Waals surface area contributed by atoms with Gasteiger partial charge in [-0.05, 0) is 31.9 Å². The zero-order valence-corrected chi connectivity index (χ0v) is 9.58. The van der Waals surface area contributed by atoms with Gasteiger partial charge in [0.25, 0.3) is 5.91 Å². The molecule has 2 N–H and O–H groups in total. The third-order valence-corrected chi connectivity index (χ3v) is 2.67. The molecule has 5 heteroatoms. The lowest BCUT2D eigenvalue weighted by atomic mass is 10.2. The topological polar surface area (TPSA) is 54.0 Å². The van der Waals surface area contributed by atoms with Crippen LogP contribution in [0.2, 0.25) is 0 Å². The summed E-state index contributed by atoms with van der Waals surface area (Å²) in [5.41, 5.74) is 0.0511. The highest BCUT2D eigenvalue weighted by Gasteiger charge is 2.19. The summed E-state index contributed by atoms with van der Waals surface area (Å²) in [7, 11) is 0. The average molecular weight is 237 g/mol. The van der Waals surface area contributed by atoms with Gasteiger partial charge in [0, 0.05) is 18.8 Å². The summed E-state index contributed by atoms with van der Waals surface area (Å²) in [5, 5.41) is 6.03. The molecule has 17 heavy (non-hydrogen) atoms. The number of nitrogens with zero attached hydrogens (tertiary/aromatic N) is 1. The summed E-state index contributed by atoms with van der Waals surface area (Å²) in [4.78, 5) is 15.2. The van der Waals surface area contributed by atoms with Crippen LogP contribution in [0.5, 0.6) is 0 Å². The molecule has 0 aromatic carbocycles. The van der Waals surface area contributed by atoms with Crippen molar-refractivity contribution in [3.05, 3.63) is 29.8 Å². The number of hydrogen-bond donors (Lipinski definition) is 2. The van der Waals surface area contributed by atoms with E-state index < -0.39 is 5.82 Å². The molecule has 1 saturated carbocycles. The molecule has 1 amide bonds. The van der Waals surface area contributed by atoms with Gasteiger partial charge in [-0.2, -0.15) is 0 Å². The molecule has 0 aliphatic heterocycles. The van der Waals surface area contributed by atoms with Crippen molar-refractivity contribution in [2.75, 3.05) is 13.1 Å². The maximum Gasteiger partial charge on any atom is 0.254 e. The number of halogens is 1. The van der Waals surface area contributed by atoms with Crippen LogP contribution in [0.4, 0.5) is 4.39 Å². The molecular weight excluding hydrogens is 221 g/mol. The normalized spacial score (nSPS) is 14.6. The van der Waals surface area contributed by atoms with Gasteiger partial charge in [-0.25, -0.2) is 4.39 Å². The minimum atomic E-state index is -0.582. The van der Waals surface area contributed by atoms with Gasteiger partial charge >= 0.3 is 0 Å². The van der Waals surface area contributed by atoms with Crippen LogP contribution < -0.4 is 10.6 Å². The Morgan fingerprint density at radius 2 is 2.29 bits per heavy atom. The lowest BCUT2D eigenvalue weighted by molar-refractivity contribution is 0.0949. The first-order valence-corrected chi connectivity index (χ1v) is 5.88. The van der Waals surface area contributed by atoms with Crippen LogP contribution in [-0.2, 0) is 0 Å². The summed E-state index contributed by atoms with van der Waals surface area (Å²) >= 11 is 0. The Morgan fingerprint density at radius 1 is 1.47 bits per heavy atom. The molecule has 1 heterocycles. The number of carbonyl (C=O) groups excluding carboxylic acids is 1. The minimum Gasteiger partial charge on any atom is -0.352 e. The number of aromatic nitrogens is 1. The molecule has 92 valence electrons. The number of pyridine rings is 1. The second-order valence-electron chi connectivity index (χ2n) is 4.19. The van der Waals surface area contributed by atoms with Crippen LogP contribution in [0.15, 0.2) is 18.5 Å². The Morgan fingerprint density at radius 3 is 3.00 bits per heavy atom. The van der Waals surface area contributed by atoms with E-state index in [1.165, 1.54) is 25.1 Å². The Hall–Kier alpha value is -1.49. The smallest absolute Gasteiger partial charge is 0.254 e. The predicted octanol–water partition coefficient (Wildman–Crippen LogP) is 1.09. The first kappa shape index (κ1) is 12.0. The van der Waals surface area contributed by atoms with Crippen molar-refractivity contribution in [2.24, 2.45) is 0 Å². The van der Waals surface area contributed by atoms with E-state index in [4.69, 9.17) is 0 Å². The van der Waals surface area contributed by atoms with Gasteiger partial charge in [0.05, 0.1) is 11.8 Å². The van der Waals surface area contributed by atoms with E-state index in [0.717, 1.165) is 19.2 Å². The largest absolute Gasteiger partial charge is 0.352 e. The zero-order chi connectivity index (χ0) is 12.1. The highest BCUT2D eigenvalue weighted by molar-refractivity contribution is 5.94. The molecule has 0 spiro atoms. The fraction of sp³-hybridized carbons (Fsp3) is 0.500. The molecule has 1 aromatic rings. The van der Waals surface area contributed by atoms with E-state index in [1.807, 2.05) is 0 Å². The fourth-order valence-electron chi connectivity index (χ4n) is 1.54. The van der Waals surface area contributed by atoms with Gasteiger partial charge in [-0.1, -0.05) is 0 Å². The Kier molecular flexibility index (Phi) is 4.03. The summed E-state index contributed by atoms with van der Waals surface area (Å²) in [6.07, 6.45) is 5.83. The van der Waals surface area contributed by atoms with E-state index in [9.17, 15) is 9.18 Å². The quantitative estimate of drug-likeness (QED) is 0.728. The molecule has 0 unspecified atom stereocenters. The van der Waals surface area contributed by atoms with Gasteiger partial charge < -0.3 is 10.6 Å². The monoisotopic (exact) mass is 237 g/mol.